The molecule has 1 N–H and O–H groups in total. The highest BCUT2D eigenvalue weighted by atomic mass is 35.5. The second-order valence-electron chi connectivity index (χ2n) is 4.74. The van der Waals surface area contributed by atoms with Crippen LogP contribution in [0.3, 0.4) is 0 Å². The van der Waals surface area contributed by atoms with E-state index in [2.05, 4.69) is 5.32 Å². The lowest BCUT2D eigenvalue weighted by Gasteiger charge is -2.08. The Morgan fingerprint density at radius 1 is 1.16 bits per heavy atom. The molecule has 0 saturated heterocycles. The van der Waals surface area contributed by atoms with Gasteiger partial charge >= 0.3 is 0 Å². The van der Waals surface area contributed by atoms with Crippen molar-refractivity contribution in [2.75, 3.05) is 5.32 Å². The first-order chi connectivity index (χ1) is 8.52. The van der Waals surface area contributed by atoms with Gasteiger partial charge in [-0.15, -0.1) is 0 Å². The number of hydrogen-bond donors (Lipinski definition) is 1. The lowest BCUT2D eigenvalue weighted by atomic mass is 10.3. The molecule has 1 aromatic carbocycles. The lowest BCUT2D eigenvalue weighted by molar-refractivity contribution is -0.00000405. The second kappa shape index (κ2) is 5.97. The number of para-hydroxylation sites is 1. The number of nitrogens with zero attached hydrogens (tertiary/aromatic N) is 2. The molecule has 0 aliphatic rings. The first-order valence-corrected chi connectivity index (χ1v) is 6.13. The fraction of sp³-hybridized carbons (Fsp3) is 0.357. The van der Waals surface area contributed by atoms with Crippen molar-refractivity contribution >= 4 is 5.69 Å². The zero-order valence-electron chi connectivity index (χ0n) is 11.6. The minimum absolute atomic E-state index is 0. The Labute approximate surface area is 119 Å². The average molecular weight is 281 g/mol. The van der Waals surface area contributed by atoms with Gasteiger partial charge in [0.05, 0.1) is 11.4 Å². The maximum atomic E-state index is 12.4. The standard InChI is InChI=1S/C14H19N3O.ClH/c1-10(2)15-13-11(3)16(4)17(14(13)18)12-8-6-5-7-9-12;/h5-10,15H,1-4H3;1H/p-1. The molecule has 4 nitrogen and oxygen atoms in total. The predicted octanol–water partition coefficient (Wildman–Crippen LogP) is -0.691. The highest BCUT2D eigenvalue weighted by Crippen LogP contribution is 2.14. The molecule has 2 rings (SSSR count). The van der Waals surface area contributed by atoms with Crippen LogP contribution in [-0.4, -0.2) is 15.4 Å². The predicted molar refractivity (Wildman–Crippen MR) is 74.5 cm³/mol. The summed E-state index contributed by atoms with van der Waals surface area (Å²) in [6.07, 6.45) is 0. The highest BCUT2D eigenvalue weighted by Gasteiger charge is 2.15. The van der Waals surface area contributed by atoms with Crippen LogP contribution in [0, 0.1) is 6.92 Å². The number of hydrogen-bond acceptors (Lipinski definition) is 2. The maximum Gasteiger partial charge on any atom is 0.295 e. The molecule has 0 amide bonds. The zero-order chi connectivity index (χ0) is 13.3. The second-order valence-corrected chi connectivity index (χ2v) is 4.74. The summed E-state index contributed by atoms with van der Waals surface area (Å²) in [5.74, 6) is 0. The molecule has 0 fully saturated rings. The molecule has 0 atom stereocenters. The van der Waals surface area contributed by atoms with Gasteiger partial charge in [-0.25, -0.2) is 4.68 Å². The van der Waals surface area contributed by atoms with Crippen molar-refractivity contribution in [3.05, 3.63) is 46.4 Å². The zero-order valence-corrected chi connectivity index (χ0v) is 12.4. The van der Waals surface area contributed by atoms with Crippen LogP contribution >= 0.6 is 0 Å². The van der Waals surface area contributed by atoms with Crippen LogP contribution in [0.2, 0.25) is 0 Å². The number of nitrogens with one attached hydrogen (secondary N) is 1. The fourth-order valence-electron chi connectivity index (χ4n) is 2.02. The molecule has 19 heavy (non-hydrogen) atoms. The molecular weight excluding hydrogens is 262 g/mol. The third-order valence-electron chi connectivity index (χ3n) is 2.99. The van der Waals surface area contributed by atoms with Crippen LogP contribution in [0.25, 0.3) is 5.69 Å². The summed E-state index contributed by atoms with van der Waals surface area (Å²) in [5.41, 5.74) is 2.49. The number of aromatic nitrogens is 2. The molecular formula is C14H19ClN3O-. The minimum Gasteiger partial charge on any atom is -1.00 e. The van der Waals surface area contributed by atoms with E-state index in [4.69, 9.17) is 0 Å². The van der Waals surface area contributed by atoms with Gasteiger partial charge in [-0.3, -0.25) is 9.48 Å². The third-order valence-corrected chi connectivity index (χ3v) is 2.99. The van der Waals surface area contributed by atoms with E-state index >= 15 is 0 Å². The van der Waals surface area contributed by atoms with Crippen LogP contribution in [0.1, 0.15) is 19.5 Å². The Morgan fingerprint density at radius 3 is 2.26 bits per heavy atom. The van der Waals surface area contributed by atoms with E-state index < -0.39 is 0 Å². The van der Waals surface area contributed by atoms with Gasteiger partial charge in [0.25, 0.3) is 5.56 Å². The Kier molecular flexibility index (Phi) is 4.84. The van der Waals surface area contributed by atoms with E-state index in [0.717, 1.165) is 11.4 Å². The van der Waals surface area contributed by atoms with Crippen LogP contribution in [-0.2, 0) is 7.05 Å². The fourth-order valence-corrected chi connectivity index (χ4v) is 2.02. The SMILES string of the molecule is Cc1c(NC(C)C)c(=O)n(-c2ccccc2)n1C.[Cl-]. The number of rotatable bonds is 3. The normalized spacial score (nSPS) is 10.4. The van der Waals surface area contributed by atoms with E-state index in [1.807, 2.05) is 62.8 Å². The topological polar surface area (TPSA) is 39.0 Å². The molecule has 0 saturated carbocycles. The van der Waals surface area contributed by atoms with Crippen molar-refractivity contribution in [3.63, 3.8) is 0 Å². The summed E-state index contributed by atoms with van der Waals surface area (Å²) in [7, 11) is 1.90. The van der Waals surface area contributed by atoms with E-state index in [1.165, 1.54) is 0 Å². The van der Waals surface area contributed by atoms with E-state index in [0.29, 0.717) is 5.69 Å². The number of halogens is 1. The quantitative estimate of drug-likeness (QED) is 0.808. The summed E-state index contributed by atoms with van der Waals surface area (Å²) < 4.78 is 3.56. The number of anilines is 1. The average Bonchev–Trinajstić information content (AvgIpc) is 2.54. The largest absolute Gasteiger partial charge is 1.00 e. The molecule has 0 spiro atoms. The summed E-state index contributed by atoms with van der Waals surface area (Å²) >= 11 is 0. The van der Waals surface area contributed by atoms with E-state index in [-0.39, 0.29) is 24.0 Å². The Balaban J connectivity index is 0.00000180. The monoisotopic (exact) mass is 280 g/mol. The summed E-state index contributed by atoms with van der Waals surface area (Å²) in [6, 6.07) is 9.90. The molecule has 0 aliphatic carbocycles. The first kappa shape index (κ1) is 15.4. The van der Waals surface area contributed by atoms with Crippen molar-refractivity contribution in [1.29, 1.82) is 0 Å². The highest BCUT2D eigenvalue weighted by molar-refractivity contribution is 5.49. The molecule has 5 heteroatoms. The van der Waals surface area contributed by atoms with E-state index in [9.17, 15) is 4.79 Å². The molecule has 2 aromatic rings. The van der Waals surface area contributed by atoms with Gasteiger partial charge in [-0.05, 0) is 32.9 Å². The van der Waals surface area contributed by atoms with Gasteiger partial charge in [-0.1, -0.05) is 18.2 Å². The van der Waals surface area contributed by atoms with Crippen molar-refractivity contribution in [2.45, 2.75) is 26.8 Å². The summed E-state index contributed by atoms with van der Waals surface area (Å²) in [4.78, 5) is 12.4. The molecule has 0 radical (unpaired) electrons. The van der Waals surface area contributed by atoms with Crippen LogP contribution in [0.15, 0.2) is 35.1 Å². The molecule has 0 aliphatic heterocycles. The summed E-state index contributed by atoms with van der Waals surface area (Å²) in [5, 5.41) is 3.22. The molecule has 0 bridgehead atoms. The molecule has 0 unspecified atom stereocenters. The van der Waals surface area contributed by atoms with Crippen LogP contribution in [0.4, 0.5) is 5.69 Å². The van der Waals surface area contributed by atoms with Crippen molar-refractivity contribution in [1.82, 2.24) is 9.36 Å². The maximum absolute atomic E-state index is 12.4. The third kappa shape index (κ3) is 2.84. The lowest BCUT2D eigenvalue weighted by Crippen LogP contribution is -3.00. The van der Waals surface area contributed by atoms with Crippen LogP contribution in [0.5, 0.6) is 0 Å². The van der Waals surface area contributed by atoms with Gasteiger partial charge in [0.1, 0.15) is 5.69 Å². The molecule has 104 valence electrons. The van der Waals surface area contributed by atoms with Gasteiger partial charge in [-0.2, -0.15) is 0 Å². The number of benzene rings is 1. The minimum atomic E-state index is -0.00472. The van der Waals surface area contributed by atoms with E-state index in [1.54, 1.807) is 4.68 Å². The van der Waals surface area contributed by atoms with Crippen molar-refractivity contribution in [2.24, 2.45) is 7.05 Å². The van der Waals surface area contributed by atoms with Gasteiger partial charge in [0.2, 0.25) is 0 Å². The van der Waals surface area contributed by atoms with Crippen molar-refractivity contribution < 1.29 is 12.4 Å². The first-order valence-electron chi connectivity index (χ1n) is 6.13. The Morgan fingerprint density at radius 2 is 1.74 bits per heavy atom. The van der Waals surface area contributed by atoms with Crippen molar-refractivity contribution in [3.8, 4) is 5.69 Å². The van der Waals surface area contributed by atoms with Gasteiger partial charge < -0.3 is 17.7 Å². The Hall–Kier alpha value is -1.68. The summed E-state index contributed by atoms with van der Waals surface area (Å²) in [6.45, 7) is 6.00. The van der Waals surface area contributed by atoms with Crippen LogP contribution < -0.4 is 23.3 Å². The smallest absolute Gasteiger partial charge is 0.295 e. The Bertz CT molecular complexity index is 599. The molecule has 1 heterocycles. The van der Waals surface area contributed by atoms with Gasteiger partial charge in [0.15, 0.2) is 0 Å². The van der Waals surface area contributed by atoms with Gasteiger partial charge in [0, 0.05) is 13.1 Å². The molecule has 1 aromatic heterocycles.